The zero-order valence-electron chi connectivity index (χ0n) is 15.7. The standard InChI is InChI=1S/C26H22O2/c1-18(23-6-2-4-8-25(23)19-10-14-21(27)15-11-19)24-7-3-5-9-26(24)20-12-16-22(28)17-13-20/h2-18,27-28H,1H3. The van der Waals surface area contributed by atoms with Crippen molar-refractivity contribution in [1.82, 2.24) is 0 Å². The van der Waals surface area contributed by atoms with Crippen LogP contribution in [0.4, 0.5) is 0 Å². The molecule has 2 N–H and O–H groups in total. The molecule has 0 saturated heterocycles. The van der Waals surface area contributed by atoms with Crippen LogP contribution in [0.3, 0.4) is 0 Å². The molecule has 4 aromatic carbocycles. The number of phenols is 2. The Kier molecular flexibility index (Phi) is 4.86. The predicted molar refractivity (Wildman–Crippen MR) is 115 cm³/mol. The summed E-state index contributed by atoms with van der Waals surface area (Å²) in [5.74, 6) is 0.717. The number of phenolic OH excluding ortho intramolecular Hbond substituents is 2. The molecule has 4 rings (SSSR count). The van der Waals surface area contributed by atoms with Crippen molar-refractivity contribution in [3.63, 3.8) is 0 Å². The third-order valence-electron chi connectivity index (χ3n) is 5.21. The topological polar surface area (TPSA) is 40.5 Å². The Labute approximate surface area is 165 Å². The van der Waals surface area contributed by atoms with E-state index < -0.39 is 0 Å². The maximum absolute atomic E-state index is 9.62. The quantitative estimate of drug-likeness (QED) is 0.428. The van der Waals surface area contributed by atoms with Crippen LogP contribution in [0.5, 0.6) is 11.5 Å². The Bertz CT molecular complexity index is 991. The van der Waals surface area contributed by atoms with Crippen LogP contribution in [0.25, 0.3) is 22.3 Å². The summed E-state index contributed by atoms with van der Waals surface area (Å²) in [6, 6.07) is 31.5. The van der Waals surface area contributed by atoms with Crippen LogP contribution in [0.1, 0.15) is 24.0 Å². The van der Waals surface area contributed by atoms with Gasteiger partial charge in [0, 0.05) is 5.92 Å². The van der Waals surface area contributed by atoms with E-state index in [1.165, 1.54) is 11.1 Å². The summed E-state index contributed by atoms with van der Waals surface area (Å²) in [6.07, 6.45) is 0. The molecular formula is C26H22O2. The maximum atomic E-state index is 9.62. The fourth-order valence-corrected chi connectivity index (χ4v) is 3.72. The summed E-state index contributed by atoms with van der Waals surface area (Å²) in [5.41, 5.74) is 6.97. The summed E-state index contributed by atoms with van der Waals surface area (Å²) >= 11 is 0. The van der Waals surface area contributed by atoms with Gasteiger partial charge in [-0.3, -0.25) is 0 Å². The highest BCUT2D eigenvalue weighted by Crippen LogP contribution is 2.38. The third kappa shape index (κ3) is 3.49. The fourth-order valence-electron chi connectivity index (χ4n) is 3.72. The summed E-state index contributed by atoms with van der Waals surface area (Å²) in [6.45, 7) is 2.22. The van der Waals surface area contributed by atoms with Crippen LogP contribution >= 0.6 is 0 Å². The average molecular weight is 366 g/mol. The molecule has 4 aromatic rings. The molecule has 0 aromatic heterocycles. The van der Waals surface area contributed by atoms with Crippen molar-refractivity contribution < 1.29 is 10.2 Å². The van der Waals surface area contributed by atoms with E-state index in [1.54, 1.807) is 24.3 Å². The molecule has 28 heavy (non-hydrogen) atoms. The summed E-state index contributed by atoms with van der Waals surface area (Å²) in [7, 11) is 0. The molecule has 0 spiro atoms. The van der Waals surface area contributed by atoms with Gasteiger partial charge in [0.15, 0.2) is 0 Å². The first-order valence-corrected chi connectivity index (χ1v) is 9.40. The average Bonchev–Trinajstić information content (AvgIpc) is 2.74. The van der Waals surface area contributed by atoms with Crippen molar-refractivity contribution in [3.05, 3.63) is 108 Å². The molecule has 0 heterocycles. The van der Waals surface area contributed by atoms with Gasteiger partial charge in [0.05, 0.1) is 0 Å². The lowest BCUT2D eigenvalue weighted by atomic mass is 9.83. The normalized spacial score (nSPS) is 10.9. The van der Waals surface area contributed by atoms with Gasteiger partial charge in [0.2, 0.25) is 0 Å². The Morgan fingerprint density at radius 3 is 1.25 bits per heavy atom. The summed E-state index contributed by atoms with van der Waals surface area (Å²) < 4.78 is 0. The zero-order chi connectivity index (χ0) is 19.5. The van der Waals surface area contributed by atoms with Crippen LogP contribution in [0.2, 0.25) is 0 Å². The summed E-state index contributed by atoms with van der Waals surface area (Å²) in [4.78, 5) is 0. The van der Waals surface area contributed by atoms with Gasteiger partial charge in [0.1, 0.15) is 11.5 Å². The van der Waals surface area contributed by atoms with Crippen molar-refractivity contribution in [3.8, 4) is 33.8 Å². The van der Waals surface area contributed by atoms with Gasteiger partial charge in [0.25, 0.3) is 0 Å². The smallest absolute Gasteiger partial charge is 0.115 e. The molecule has 2 heteroatoms. The van der Waals surface area contributed by atoms with E-state index in [9.17, 15) is 10.2 Å². The van der Waals surface area contributed by atoms with Crippen LogP contribution < -0.4 is 0 Å². The fraction of sp³-hybridized carbons (Fsp3) is 0.0769. The first kappa shape index (κ1) is 17.9. The van der Waals surface area contributed by atoms with Gasteiger partial charge in [-0.15, -0.1) is 0 Å². The minimum atomic E-state index is 0.176. The monoisotopic (exact) mass is 366 g/mol. The van der Waals surface area contributed by atoms with Crippen LogP contribution in [-0.2, 0) is 0 Å². The van der Waals surface area contributed by atoms with Crippen molar-refractivity contribution in [1.29, 1.82) is 0 Å². The Hall–Kier alpha value is -3.52. The van der Waals surface area contributed by atoms with E-state index in [1.807, 2.05) is 36.4 Å². The lowest BCUT2D eigenvalue weighted by Gasteiger charge is -2.20. The first-order valence-electron chi connectivity index (χ1n) is 9.40. The molecular weight excluding hydrogens is 344 g/mol. The lowest BCUT2D eigenvalue weighted by Crippen LogP contribution is -2.01. The molecule has 0 aliphatic carbocycles. The minimum Gasteiger partial charge on any atom is -0.508 e. The van der Waals surface area contributed by atoms with Gasteiger partial charge in [-0.1, -0.05) is 79.7 Å². The number of hydrogen-bond acceptors (Lipinski definition) is 2. The van der Waals surface area contributed by atoms with E-state index >= 15 is 0 Å². The van der Waals surface area contributed by atoms with Gasteiger partial charge < -0.3 is 10.2 Å². The Morgan fingerprint density at radius 1 is 0.500 bits per heavy atom. The number of benzene rings is 4. The van der Waals surface area contributed by atoms with E-state index in [-0.39, 0.29) is 17.4 Å². The molecule has 0 aliphatic rings. The van der Waals surface area contributed by atoms with Crippen molar-refractivity contribution in [2.24, 2.45) is 0 Å². The van der Waals surface area contributed by atoms with Gasteiger partial charge >= 0.3 is 0 Å². The first-order chi connectivity index (χ1) is 13.6. The van der Waals surface area contributed by atoms with Crippen LogP contribution in [0.15, 0.2) is 97.1 Å². The van der Waals surface area contributed by atoms with E-state index in [0.717, 1.165) is 22.3 Å². The van der Waals surface area contributed by atoms with Gasteiger partial charge in [-0.2, -0.15) is 0 Å². The lowest BCUT2D eigenvalue weighted by molar-refractivity contribution is 0.475. The predicted octanol–water partition coefficient (Wildman–Crippen LogP) is 6.58. The maximum Gasteiger partial charge on any atom is 0.115 e. The summed E-state index contributed by atoms with van der Waals surface area (Å²) in [5, 5.41) is 19.2. The number of rotatable bonds is 4. The highest BCUT2D eigenvalue weighted by molar-refractivity contribution is 5.73. The number of hydrogen-bond donors (Lipinski definition) is 2. The molecule has 0 unspecified atom stereocenters. The van der Waals surface area contributed by atoms with Gasteiger partial charge in [-0.05, 0) is 57.6 Å². The second-order valence-corrected chi connectivity index (χ2v) is 6.99. The van der Waals surface area contributed by atoms with Crippen molar-refractivity contribution in [2.75, 3.05) is 0 Å². The molecule has 2 nitrogen and oxygen atoms in total. The molecule has 138 valence electrons. The van der Waals surface area contributed by atoms with Crippen molar-refractivity contribution >= 4 is 0 Å². The molecule has 0 fully saturated rings. The molecule has 0 amide bonds. The molecule has 0 radical (unpaired) electrons. The highest BCUT2D eigenvalue weighted by atomic mass is 16.3. The number of aromatic hydroxyl groups is 2. The second kappa shape index (κ2) is 7.61. The highest BCUT2D eigenvalue weighted by Gasteiger charge is 2.17. The third-order valence-corrected chi connectivity index (χ3v) is 5.21. The second-order valence-electron chi connectivity index (χ2n) is 6.99. The molecule has 0 saturated carbocycles. The van der Waals surface area contributed by atoms with Gasteiger partial charge in [-0.25, -0.2) is 0 Å². The van der Waals surface area contributed by atoms with E-state index in [4.69, 9.17) is 0 Å². The largest absolute Gasteiger partial charge is 0.508 e. The SMILES string of the molecule is CC(c1ccccc1-c1ccc(O)cc1)c1ccccc1-c1ccc(O)cc1. The minimum absolute atomic E-state index is 0.176. The molecule has 0 atom stereocenters. The Morgan fingerprint density at radius 2 is 0.857 bits per heavy atom. The van der Waals surface area contributed by atoms with Crippen molar-refractivity contribution in [2.45, 2.75) is 12.8 Å². The molecule has 0 aliphatic heterocycles. The Balaban J connectivity index is 1.81. The zero-order valence-corrected chi connectivity index (χ0v) is 15.7. The van der Waals surface area contributed by atoms with E-state index in [0.29, 0.717) is 0 Å². The van der Waals surface area contributed by atoms with E-state index in [2.05, 4.69) is 43.3 Å². The molecule has 0 bridgehead atoms. The van der Waals surface area contributed by atoms with Crippen LogP contribution in [0, 0.1) is 0 Å². The van der Waals surface area contributed by atoms with Crippen LogP contribution in [-0.4, -0.2) is 10.2 Å².